The Bertz CT molecular complexity index is 380. The molecule has 0 aliphatic rings. The molecular weight excluding hydrogens is 246 g/mol. The van der Waals surface area contributed by atoms with Crippen LogP contribution in [0.2, 0.25) is 0 Å². The van der Waals surface area contributed by atoms with E-state index in [0.717, 1.165) is 5.56 Å². The lowest BCUT2D eigenvalue weighted by molar-refractivity contribution is -0.137. The lowest BCUT2D eigenvalue weighted by Crippen LogP contribution is -2.39. The Morgan fingerprint density at radius 2 is 1.89 bits per heavy atom. The van der Waals surface area contributed by atoms with Crippen molar-refractivity contribution in [1.29, 1.82) is 0 Å². The Kier molecular flexibility index (Phi) is 6.49. The molecule has 0 amide bonds. The molecule has 0 radical (unpaired) electrons. The predicted octanol–water partition coefficient (Wildman–Crippen LogP) is 0.924. The van der Waals surface area contributed by atoms with Crippen molar-refractivity contribution in [1.82, 2.24) is 5.32 Å². The first-order valence-electron chi connectivity index (χ1n) is 6.37. The molecule has 5 heteroatoms. The monoisotopic (exact) mass is 267 g/mol. The summed E-state index contributed by atoms with van der Waals surface area (Å²) in [5, 5.41) is 31.3. The number of aliphatic hydroxyl groups is 2. The molecule has 0 fully saturated rings. The molecule has 106 valence electrons. The first-order chi connectivity index (χ1) is 9.00. The molecule has 0 spiro atoms. The average molecular weight is 267 g/mol. The van der Waals surface area contributed by atoms with Crippen LogP contribution in [0.25, 0.3) is 0 Å². The number of rotatable bonds is 8. The number of benzene rings is 1. The van der Waals surface area contributed by atoms with E-state index in [0.29, 0.717) is 13.0 Å². The Morgan fingerprint density at radius 3 is 2.42 bits per heavy atom. The van der Waals surface area contributed by atoms with Crippen LogP contribution in [0.5, 0.6) is 0 Å². The van der Waals surface area contributed by atoms with Crippen LogP contribution in [0.3, 0.4) is 0 Å². The molecule has 1 aromatic carbocycles. The second kappa shape index (κ2) is 7.89. The normalized spacial score (nSPS) is 15.7. The minimum atomic E-state index is -0.899. The first-order valence-corrected chi connectivity index (χ1v) is 6.37. The van der Waals surface area contributed by atoms with Crippen molar-refractivity contribution in [3.63, 3.8) is 0 Å². The Labute approximate surface area is 112 Å². The zero-order chi connectivity index (χ0) is 14.3. The maximum atomic E-state index is 10.6. The van der Waals surface area contributed by atoms with Crippen molar-refractivity contribution in [3.8, 4) is 0 Å². The number of hydrogen-bond donors (Lipinski definition) is 4. The Hall–Kier alpha value is -1.43. The Balaban J connectivity index is 2.68. The van der Waals surface area contributed by atoms with E-state index in [2.05, 4.69) is 5.32 Å². The number of nitrogens with one attached hydrogen (secondary N) is 1. The van der Waals surface area contributed by atoms with E-state index in [-0.39, 0.29) is 6.42 Å². The summed E-state index contributed by atoms with van der Waals surface area (Å²) in [5.74, 6) is -0.899. The molecule has 0 saturated heterocycles. The van der Waals surface area contributed by atoms with E-state index >= 15 is 0 Å². The standard InChI is InChI=1S/C14H21NO4/c1-10(16)9-15-12(7-8-13(17)18)14(19)11-5-3-2-4-6-11/h2-6,10,12,14-16,19H,7-9H2,1H3,(H,17,18). The topological polar surface area (TPSA) is 89.8 Å². The zero-order valence-electron chi connectivity index (χ0n) is 11.0. The van der Waals surface area contributed by atoms with Gasteiger partial charge in [0.2, 0.25) is 0 Å². The predicted molar refractivity (Wildman–Crippen MR) is 71.7 cm³/mol. The summed E-state index contributed by atoms with van der Waals surface area (Å²) < 4.78 is 0. The van der Waals surface area contributed by atoms with Crippen LogP contribution >= 0.6 is 0 Å². The van der Waals surface area contributed by atoms with Crippen LogP contribution in [-0.2, 0) is 4.79 Å². The highest BCUT2D eigenvalue weighted by molar-refractivity contribution is 5.66. The molecule has 1 rings (SSSR count). The van der Waals surface area contributed by atoms with E-state index in [4.69, 9.17) is 5.11 Å². The van der Waals surface area contributed by atoms with Gasteiger partial charge in [0, 0.05) is 19.0 Å². The van der Waals surface area contributed by atoms with E-state index in [9.17, 15) is 15.0 Å². The number of hydrogen-bond acceptors (Lipinski definition) is 4. The van der Waals surface area contributed by atoms with Crippen molar-refractivity contribution >= 4 is 5.97 Å². The molecule has 4 N–H and O–H groups in total. The van der Waals surface area contributed by atoms with Crippen molar-refractivity contribution < 1.29 is 20.1 Å². The molecule has 0 aliphatic carbocycles. The van der Waals surface area contributed by atoms with E-state index in [1.807, 2.05) is 18.2 Å². The highest BCUT2D eigenvalue weighted by Gasteiger charge is 2.21. The molecule has 19 heavy (non-hydrogen) atoms. The second-order valence-corrected chi connectivity index (χ2v) is 4.65. The zero-order valence-corrected chi connectivity index (χ0v) is 11.0. The third-order valence-electron chi connectivity index (χ3n) is 2.87. The SMILES string of the molecule is CC(O)CNC(CCC(=O)O)C(O)c1ccccc1. The summed E-state index contributed by atoms with van der Waals surface area (Å²) in [7, 11) is 0. The van der Waals surface area contributed by atoms with Gasteiger partial charge in [-0.05, 0) is 18.9 Å². The van der Waals surface area contributed by atoms with Gasteiger partial charge in [-0.15, -0.1) is 0 Å². The van der Waals surface area contributed by atoms with Gasteiger partial charge in [0.1, 0.15) is 0 Å². The minimum absolute atomic E-state index is 0.0264. The van der Waals surface area contributed by atoms with Crippen LogP contribution in [-0.4, -0.2) is 40.0 Å². The average Bonchev–Trinajstić information content (AvgIpc) is 2.38. The minimum Gasteiger partial charge on any atom is -0.481 e. The quantitative estimate of drug-likeness (QED) is 0.562. The van der Waals surface area contributed by atoms with Crippen LogP contribution in [0, 0.1) is 0 Å². The Morgan fingerprint density at radius 1 is 1.26 bits per heavy atom. The lowest BCUT2D eigenvalue weighted by Gasteiger charge is -2.25. The van der Waals surface area contributed by atoms with Gasteiger partial charge < -0.3 is 20.6 Å². The summed E-state index contributed by atoms with van der Waals surface area (Å²) in [5.41, 5.74) is 0.732. The van der Waals surface area contributed by atoms with E-state index in [1.165, 1.54) is 0 Å². The molecule has 1 aromatic rings. The van der Waals surface area contributed by atoms with Gasteiger partial charge in [0.25, 0.3) is 0 Å². The maximum absolute atomic E-state index is 10.6. The van der Waals surface area contributed by atoms with Gasteiger partial charge in [-0.3, -0.25) is 4.79 Å². The summed E-state index contributed by atoms with van der Waals surface area (Å²) in [4.78, 5) is 10.6. The number of carboxylic acid groups (broad SMARTS) is 1. The first kappa shape index (κ1) is 15.6. The fourth-order valence-corrected chi connectivity index (χ4v) is 1.85. The maximum Gasteiger partial charge on any atom is 0.303 e. The molecule has 0 saturated carbocycles. The summed E-state index contributed by atoms with van der Waals surface area (Å²) in [6.07, 6.45) is -1.06. The number of aliphatic hydroxyl groups excluding tert-OH is 2. The van der Waals surface area contributed by atoms with Crippen LogP contribution < -0.4 is 5.32 Å². The summed E-state index contributed by atoms with van der Waals surface area (Å²) >= 11 is 0. The van der Waals surface area contributed by atoms with Crippen LogP contribution in [0.1, 0.15) is 31.4 Å². The van der Waals surface area contributed by atoms with E-state index in [1.54, 1.807) is 19.1 Å². The van der Waals surface area contributed by atoms with E-state index < -0.39 is 24.2 Å². The summed E-state index contributed by atoms with van der Waals surface area (Å²) in [6.45, 7) is 1.95. The van der Waals surface area contributed by atoms with Gasteiger partial charge in [0.05, 0.1) is 12.2 Å². The smallest absolute Gasteiger partial charge is 0.303 e. The van der Waals surface area contributed by atoms with Crippen LogP contribution in [0.15, 0.2) is 30.3 Å². The highest BCUT2D eigenvalue weighted by atomic mass is 16.4. The van der Waals surface area contributed by atoms with Gasteiger partial charge >= 0.3 is 5.97 Å². The van der Waals surface area contributed by atoms with Crippen molar-refractivity contribution in [2.24, 2.45) is 0 Å². The van der Waals surface area contributed by atoms with Crippen molar-refractivity contribution in [2.75, 3.05) is 6.54 Å². The number of carboxylic acids is 1. The molecule has 0 aliphatic heterocycles. The van der Waals surface area contributed by atoms with Gasteiger partial charge in [-0.1, -0.05) is 30.3 Å². The second-order valence-electron chi connectivity index (χ2n) is 4.65. The largest absolute Gasteiger partial charge is 0.481 e. The molecule has 3 unspecified atom stereocenters. The molecule has 3 atom stereocenters. The highest BCUT2D eigenvalue weighted by Crippen LogP contribution is 2.19. The van der Waals surface area contributed by atoms with Crippen molar-refractivity contribution in [3.05, 3.63) is 35.9 Å². The molecule has 0 aromatic heterocycles. The third-order valence-corrected chi connectivity index (χ3v) is 2.87. The molecule has 5 nitrogen and oxygen atoms in total. The van der Waals surface area contributed by atoms with Gasteiger partial charge in [-0.25, -0.2) is 0 Å². The molecule has 0 heterocycles. The van der Waals surface area contributed by atoms with Crippen LogP contribution in [0.4, 0.5) is 0 Å². The van der Waals surface area contributed by atoms with Crippen molar-refractivity contribution in [2.45, 2.75) is 38.0 Å². The fourth-order valence-electron chi connectivity index (χ4n) is 1.85. The summed E-state index contributed by atoms with van der Waals surface area (Å²) in [6, 6.07) is 8.69. The number of carbonyl (C=O) groups is 1. The number of aliphatic carboxylic acids is 1. The molecule has 0 bridgehead atoms. The van der Waals surface area contributed by atoms with Gasteiger partial charge in [0.15, 0.2) is 0 Å². The lowest BCUT2D eigenvalue weighted by atomic mass is 9.98. The fraction of sp³-hybridized carbons (Fsp3) is 0.500. The third kappa shape index (κ3) is 5.83. The van der Waals surface area contributed by atoms with Gasteiger partial charge in [-0.2, -0.15) is 0 Å². The molecular formula is C14H21NO4.